The van der Waals surface area contributed by atoms with Crippen molar-refractivity contribution < 1.29 is 9.18 Å². The van der Waals surface area contributed by atoms with Crippen LogP contribution in [0, 0.1) is 12.7 Å². The second-order valence-corrected chi connectivity index (χ2v) is 5.42. The van der Waals surface area contributed by atoms with Crippen molar-refractivity contribution in [3.63, 3.8) is 0 Å². The maximum atomic E-state index is 13.7. The Morgan fingerprint density at radius 2 is 2.04 bits per heavy atom. The van der Waals surface area contributed by atoms with Gasteiger partial charge in [-0.1, -0.05) is 31.2 Å². The molecule has 1 amide bonds. The number of imidazole rings is 1. The molecule has 118 valence electrons. The van der Waals surface area contributed by atoms with Gasteiger partial charge in [0.1, 0.15) is 17.2 Å². The molecule has 0 aliphatic carbocycles. The minimum atomic E-state index is -0.322. The first kappa shape index (κ1) is 15.2. The number of hydrogen-bond acceptors (Lipinski definition) is 2. The summed E-state index contributed by atoms with van der Waals surface area (Å²) in [7, 11) is 0. The average molecular weight is 311 g/mol. The monoisotopic (exact) mass is 311 g/mol. The molecule has 0 radical (unpaired) electrons. The van der Waals surface area contributed by atoms with Crippen molar-refractivity contribution in [2.75, 3.05) is 0 Å². The highest BCUT2D eigenvalue weighted by molar-refractivity contribution is 5.94. The number of hydrogen-bond donors (Lipinski definition) is 1. The fourth-order valence-electron chi connectivity index (χ4n) is 2.64. The molecule has 0 unspecified atom stereocenters. The van der Waals surface area contributed by atoms with Crippen LogP contribution < -0.4 is 5.32 Å². The quantitative estimate of drug-likeness (QED) is 0.804. The first-order valence-corrected chi connectivity index (χ1v) is 7.60. The van der Waals surface area contributed by atoms with E-state index in [-0.39, 0.29) is 18.3 Å². The molecule has 0 aliphatic heterocycles. The van der Waals surface area contributed by atoms with Crippen LogP contribution in [0.25, 0.3) is 5.65 Å². The minimum Gasteiger partial charge on any atom is -0.347 e. The molecule has 23 heavy (non-hydrogen) atoms. The van der Waals surface area contributed by atoms with Crippen molar-refractivity contribution in [2.45, 2.75) is 26.8 Å². The molecule has 2 aromatic heterocycles. The molecule has 0 atom stereocenters. The van der Waals surface area contributed by atoms with Crippen molar-refractivity contribution in [1.82, 2.24) is 14.7 Å². The van der Waals surface area contributed by atoms with Gasteiger partial charge >= 0.3 is 0 Å². The van der Waals surface area contributed by atoms with Crippen LogP contribution in [0.5, 0.6) is 0 Å². The van der Waals surface area contributed by atoms with Gasteiger partial charge in [-0.05, 0) is 31.0 Å². The maximum absolute atomic E-state index is 13.7. The third kappa shape index (κ3) is 2.82. The molecule has 1 N–H and O–H groups in total. The van der Waals surface area contributed by atoms with E-state index in [0.29, 0.717) is 17.7 Å². The topological polar surface area (TPSA) is 46.4 Å². The van der Waals surface area contributed by atoms with Crippen molar-refractivity contribution in [2.24, 2.45) is 0 Å². The van der Waals surface area contributed by atoms with Crippen molar-refractivity contribution in [1.29, 1.82) is 0 Å². The number of halogens is 1. The van der Waals surface area contributed by atoms with E-state index in [2.05, 4.69) is 10.3 Å². The summed E-state index contributed by atoms with van der Waals surface area (Å²) < 4.78 is 15.5. The van der Waals surface area contributed by atoms with Gasteiger partial charge in [0.25, 0.3) is 5.91 Å². The second-order valence-electron chi connectivity index (χ2n) is 5.42. The van der Waals surface area contributed by atoms with Crippen LogP contribution in [-0.2, 0) is 13.0 Å². The Morgan fingerprint density at radius 3 is 2.78 bits per heavy atom. The van der Waals surface area contributed by atoms with E-state index in [1.165, 1.54) is 6.07 Å². The highest BCUT2D eigenvalue weighted by Gasteiger charge is 2.19. The molecule has 3 rings (SSSR count). The molecular weight excluding hydrogens is 293 g/mol. The summed E-state index contributed by atoms with van der Waals surface area (Å²) in [6, 6.07) is 10.3. The molecule has 3 aromatic rings. The Bertz CT molecular complexity index is 870. The zero-order valence-corrected chi connectivity index (χ0v) is 13.1. The van der Waals surface area contributed by atoms with E-state index in [9.17, 15) is 9.18 Å². The lowest BCUT2D eigenvalue weighted by molar-refractivity contribution is 0.0943. The molecule has 2 heterocycles. The number of pyridine rings is 1. The summed E-state index contributed by atoms with van der Waals surface area (Å²) in [5.41, 5.74) is 3.51. The summed E-state index contributed by atoms with van der Waals surface area (Å²) >= 11 is 0. The van der Waals surface area contributed by atoms with E-state index >= 15 is 0 Å². The number of nitrogens with one attached hydrogen (secondary N) is 1. The largest absolute Gasteiger partial charge is 0.347 e. The highest BCUT2D eigenvalue weighted by Crippen LogP contribution is 2.17. The molecular formula is C18H18FN3O. The van der Waals surface area contributed by atoms with Crippen molar-refractivity contribution in [3.05, 3.63) is 70.9 Å². The lowest BCUT2D eigenvalue weighted by Gasteiger charge is -2.08. The molecule has 0 bridgehead atoms. The summed E-state index contributed by atoms with van der Waals surface area (Å²) in [6.45, 7) is 4.07. The number of carbonyl (C=O) groups is 1. The Labute approximate surface area is 134 Å². The summed E-state index contributed by atoms with van der Waals surface area (Å²) in [6.07, 6.45) is 2.48. The zero-order valence-electron chi connectivity index (χ0n) is 13.1. The number of aryl methyl sites for hydroxylation is 2. The molecule has 1 aromatic carbocycles. The van der Waals surface area contributed by atoms with Crippen LogP contribution >= 0.6 is 0 Å². The zero-order chi connectivity index (χ0) is 16.4. The third-order valence-corrected chi connectivity index (χ3v) is 3.86. The predicted octanol–water partition coefficient (Wildman–Crippen LogP) is 3.27. The van der Waals surface area contributed by atoms with Crippen molar-refractivity contribution >= 4 is 11.6 Å². The lowest BCUT2D eigenvalue weighted by atomic mass is 10.2. The third-order valence-electron chi connectivity index (χ3n) is 3.86. The molecule has 0 spiro atoms. The Morgan fingerprint density at radius 1 is 1.26 bits per heavy atom. The van der Waals surface area contributed by atoms with E-state index in [1.807, 2.05) is 32.2 Å². The normalized spacial score (nSPS) is 10.9. The first-order valence-electron chi connectivity index (χ1n) is 7.60. The molecule has 0 saturated heterocycles. The van der Waals surface area contributed by atoms with Crippen LogP contribution in [0.2, 0.25) is 0 Å². The molecule has 0 saturated carbocycles. The van der Waals surface area contributed by atoms with Crippen LogP contribution in [0.4, 0.5) is 4.39 Å². The smallest absolute Gasteiger partial charge is 0.270 e. The Kier molecular flexibility index (Phi) is 4.10. The number of aromatic nitrogens is 2. The lowest BCUT2D eigenvalue weighted by Crippen LogP contribution is -2.25. The maximum Gasteiger partial charge on any atom is 0.270 e. The Hall–Kier alpha value is -2.69. The van der Waals surface area contributed by atoms with Gasteiger partial charge in [0, 0.05) is 18.3 Å². The minimum absolute atomic E-state index is 0.147. The number of amides is 1. The fraction of sp³-hybridized carbons (Fsp3) is 0.222. The first-order chi connectivity index (χ1) is 11.1. The van der Waals surface area contributed by atoms with Crippen LogP contribution in [0.3, 0.4) is 0 Å². The van der Waals surface area contributed by atoms with E-state index in [1.54, 1.807) is 22.6 Å². The number of rotatable bonds is 4. The molecule has 4 nitrogen and oxygen atoms in total. The SMILES string of the molecule is CCc1nc2c(C)cccn2c1C(=O)NCc1ccccc1F. The second kappa shape index (κ2) is 6.20. The van der Waals surface area contributed by atoms with Crippen molar-refractivity contribution in [3.8, 4) is 0 Å². The van der Waals surface area contributed by atoms with Crippen LogP contribution in [-0.4, -0.2) is 15.3 Å². The van der Waals surface area contributed by atoms with E-state index in [4.69, 9.17) is 0 Å². The van der Waals surface area contributed by atoms with Gasteiger partial charge in [0.05, 0.1) is 5.69 Å². The number of fused-ring (bicyclic) bond motifs is 1. The van der Waals surface area contributed by atoms with E-state index in [0.717, 1.165) is 16.9 Å². The highest BCUT2D eigenvalue weighted by atomic mass is 19.1. The van der Waals surface area contributed by atoms with Gasteiger partial charge in [-0.2, -0.15) is 0 Å². The fourth-order valence-corrected chi connectivity index (χ4v) is 2.64. The summed E-state index contributed by atoms with van der Waals surface area (Å²) in [4.78, 5) is 17.2. The summed E-state index contributed by atoms with van der Waals surface area (Å²) in [5.74, 6) is -0.569. The van der Waals surface area contributed by atoms with E-state index < -0.39 is 0 Å². The van der Waals surface area contributed by atoms with Crippen LogP contribution in [0.15, 0.2) is 42.6 Å². The summed E-state index contributed by atoms with van der Waals surface area (Å²) in [5, 5.41) is 2.79. The number of benzene rings is 1. The predicted molar refractivity (Wildman–Crippen MR) is 86.9 cm³/mol. The Balaban J connectivity index is 1.92. The van der Waals surface area contributed by atoms with Crippen LogP contribution in [0.1, 0.15) is 34.2 Å². The van der Waals surface area contributed by atoms with Gasteiger partial charge in [-0.15, -0.1) is 0 Å². The van der Waals surface area contributed by atoms with Gasteiger partial charge in [0.2, 0.25) is 0 Å². The van der Waals surface area contributed by atoms with Gasteiger partial charge in [0.15, 0.2) is 0 Å². The van der Waals surface area contributed by atoms with Gasteiger partial charge in [-0.3, -0.25) is 9.20 Å². The average Bonchev–Trinajstić information content (AvgIpc) is 2.94. The number of nitrogens with zero attached hydrogens (tertiary/aromatic N) is 2. The standard InChI is InChI=1S/C18H18FN3O/c1-3-15-16(22-10-6-7-12(2)17(22)21-15)18(23)20-11-13-8-4-5-9-14(13)19/h4-10H,3,11H2,1-2H3,(H,20,23). The van der Waals surface area contributed by atoms with Gasteiger partial charge in [-0.25, -0.2) is 9.37 Å². The molecule has 0 aliphatic rings. The number of carbonyl (C=O) groups excluding carboxylic acids is 1. The molecule has 0 fully saturated rings. The van der Waals surface area contributed by atoms with Gasteiger partial charge < -0.3 is 5.32 Å². The molecule has 5 heteroatoms.